The lowest BCUT2D eigenvalue weighted by molar-refractivity contribution is 0.297. The molecule has 2 heterocycles. The summed E-state index contributed by atoms with van der Waals surface area (Å²) in [6, 6.07) is 8.59. The molecule has 8 heteroatoms. The highest BCUT2D eigenvalue weighted by atomic mass is 127. The predicted molar refractivity (Wildman–Crippen MR) is 134 cm³/mol. The number of H-pyrrole nitrogens is 1. The van der Waals surface area contributed by atoms with Gasteiger partial charge in [0.1, 0.15) is 17.9 Å². The van der Waals surface area contributed by atoms with E-state index in [4.69, 9.17) is 9.73 Å². The number of aromatic amines is 1. The van der Waals surface area contributed by atoms with Gasteiger partial charge in [-0.1, -0.05) is 25.0 Å². The molecule has 2 aliphatic rings. The summed E-state index contributed by atoms with van der Waals surface area (Å²) < 4.78 is 5.49. The van der Waals surface area contributed by atoms with Gasteiger partial charge in [-0.05, 0) is 50.3 Å². The highest BCUT2D eigenvalue weighted by Gasteiger charge is 2.36. The number of benzene rings is 1. The van der Waals surface area contributed by atoms with Crippen LogP contribution in [0.5, 0.6) is 5.75 Å². The van der Waals surface area contributed by atoms with Crippen molar-refractivity contribution in [1.29, 1.82) is 0 Å². The van der Waals surface area contributed by atoms with Crippen LogP contribution in [0.15, 0.2) is 35.6 Å². The van der Waals surface area contributed by atoms with E-state index in [1.807, 2.05) is 6.07 Å². The van der Waals surface area contributed by atoms with Crippen LogP contribution >= 0.6 is 24.0 Å². The lowest BCUT2D eigenvalue weighted by Crippen LogP contribution is -2.46. The molecule has 1 saturated heterocycles. The van der Waals surface area contributed by atoms with Gasteiger partial charge in [0.05, 0.1) is 13.7 Å². The second-order valence-corrected chi connectivity index (χ2v) is 8.52. The largest absolute Gasteiger partial charge is 0.497 e. The SMILES string of the molecule is CCNC(=NCC1(c2cccc(OC)c2)CCCC1)N1CCC(c2ncn[nH]2)CC1.I. The maximum atomic E-state index is 5.49. The van der Waals surface area contributed by atoms with Gasteiger partial charge in [0, 0.05) is 31.0 Å². The van der Waals surface area contributed by atoms with Crippen LogP contribution < -0.4 is 10.1 Å². The van der Waals surface area contributed by atoms with E-state index in [1.54, 1.807) is 13.4 Å². The average Bonchev–Trinajstić information content (AvgIpc) is 3.50. The van der Waals surface area contributed by atoms with Gasteiger partial charge in [0.25, 0.3) is 0 Å². The van der Waals surface area contributed by atoms with Gasteiger partial charge in [0.2, 0.25) is 0 Å². The van der Waals surface area contributed by atoms with E-state index in [0.29, 0.717) is 5.92 Å². The van der Waals surface area contributed by atoms with Gasteiger partial charge in [0.15, 0.2) is 5.96 Å². The van der Waals surface area contributed by atoms with Crippen molar-refractivity contribution in [1.82, 2.24) is 25.4 Å². The lowest BCUT2D eigenvalue weighted by Gasteiger charge is -2.35. The molecule has 2 N–H and O–H groups in total. The Labute approximate surface area is 202 Å². The zero-order valence-corrected chi connectivity index (χ0v) is 21.0. The topological polar surface area (TPSA) is 78.4 Å². The third-order valence-electron chi connectivity index (χ3n) is 6.72. The van der Waals surface area contributed by atoms with Crippen LogP contribution in [-0.4, -0.2) is 59.3 Å². The molecule has 170 valence electrons. The van der Waals surface area contributed by atoms with E-state index in [9.17, 15) is 0 Å². The summed E-state index contributed by atoms with van der Waals surface area (Å²) >= 11 is 0. The van der Waals surface area contributed by atoms with E-state index in [2.05, 4.69) is 50.5 Å². The number of ether oxygens (including phenoxy) is 1. The van der Waals surface area contributed by atoms with Crippen LogP contribution in [-0.2, 0) is 5.41 Å². The number of hydrogen-bond acceptors (Lipinski definition) is 4. The molecule has 2 aromatic rings. The minimum Gasteiger partial charge on any atom is -0.497 e. The summed E-state index contributed by atoms with van der Waals surface area (Å²) in [5, 5.41) is 10.6. The van der Waals surface area contributed by atoms with Crippen LogP contribution in [0.3, 0.4) is 0 Å². The summed E-state index contributed by atoms with van der Waals surface area (Å²) in [6.07, 6.45) is 8.67. The second kappa shape index (κ2) is 11.2. The molecule has 1 aromatic heterocycles. The van der Waals surface area contributed by atoms with Crippen molar-refractivity contribution in [3.63, 3.8) is 0 Å². The van der Waals surface area contributed by atoms with E-state index >= 15 is 0 Å². The first-order chi connectivity index (χ1) is 14.7. The molecule has 7 nitrogen and oxygen atoms in total. The Bertz CT molecular complexity index is 826. The highest BCUT2D eigenvalue weighted by molar-refractivity contribution is 14.0. The average molecular weight is 538 g/mol. The Hall–Kier alpha value is -1.84. The number of halogens is 1. The van der Waals surface area contributed by atoms with Crippen molar-refractivity contribution in [2.24, 2.45) is 4.99 Å². The smallest absolute Gasteiger partial charge is 0.193 e. The third-order valence-corrected chi connectivity index (χ3v) is 6.72. The molecule has 2 fully saturated rings. The fourth-order valence-corrected chi connectivity index (χ4v) is 4.97. The molecule has 0 radical (unpaired) electrons. The Kier molecular flexibility index (Phi) is 8.57. The number of methoxy groups -OCH3 is 1. The van der Waals surface area contributed by atoms with E-state index in [0.717, 1.165) is 56.6 Å². The first-order valence-corrected chi connectivity index (χ1v) is 11.3. The highest BCUT2D eigenvalue weighted by Crippen LogP contribution is 2.42. The quantitative estimate of drug-likeness (QED) is 0.329. The first-order valence-electron chi connectivity index (χ1n) is 11.3. The monoisotopic (exact) mass is 538 g/mol. The number of hydrogen-bond donors (Lipinski definition) is 2. The van der Waals surface area contributed by atoms with Gasteiger partial charge >= 0.3 is 0 Å². The van der Waals surface area contributed by atoms with E-state index < -0.39 is 0 Å². The van der Waals surface area contributed by atoms with Gasteiger partial charge in [-0.2, -0.15) is 5.10 Å². The number of piperidine rings is 1. The van der Waals surface area contributed by atoms with Crippen molar-refractivity contribution in [3.8, 4) is 5.75 Å². The number of nitrogens with zero attached hydrogens (tertiary/aromatic N) is 4. The van der Waals surface area contributed by atoms with E-state index in [-0.39, 0.29) is 29.4 Å². The molecular weight excluding hydrogens is 503 g/mol. The molecule has 0 atom stereocenters. The van der Waals surface area contributed by atoms with Crippen LogP contribution in [0.1, 0.15) is 62.8 Å². The van der Waals surface area contributed by atoms with Gasteiger partial charge in [-0.25, -0.2) is 4.98 Å². The number of guanidine groups is 1. The Morgan fingerprint density at radius 1 is 1.29 bits per heavy atom. The first kappa shape index (κ1) is 23.8. The van der Waals surface area contributed by atoms with E-state index in [1.165, 1.54) is 31.2 Å². The molecule has 1 aliphatic heterocycles. The lowest BCUT2D eigenvalue weighted by atomic mass is 9.79. The summed E-state index contributed by atoms with van der Waals surface area (Å²) in [5.41, 5.74) is 1.48. The Morgan fingerprint density at radius 2 is 2.06 bits per heavy atom. The standard InChI is InChI=1S/C23H34N6O.HI/c1-3-24-22(29-13-9-18(10-14-29)21-26-17-27-28-21)25-16-23(11-4-5-12-23)19-7-6-8-20(15-19)30-2;/h6-8,15,17-18H,3-5,9-14,16H2,1-2H3,(H,24,25)(H,26,27,28);1H. The minimum absolute atomic E-state index is 0. The fourth-order valence-electron chi connectivity index (χ4n) is 4.97. The number of aromatic nitrogens is 3. The molecular formula is C23H35IN6O. The van der Waals surface area contributed by atoms with Gasteiger partial charge in [-0.15, -0.1) is 24.0 Å². The van der Waals surface area contributed by atoms with Crippen molar-refractivity contribution in [2.45, 2.75) is 56.8 Å². The summed E-state index contributed by atoms with van der Waals surface area (Å²) in [4.78, 5) is 11.9. The van der Waals surface area contributed by atoms with Gasteiger partial charge < -0.3 is 15.0 Å². The third kappa shape index (κ3) is 5.51. The molecule has 1 aromatic carbocycles. The number of likely N-dealkylation sites (tertiary alicyclic amines) is 1. The summed E-state index contributed by atoms with van der Waals surface area (Å²) in [7, 11) is 1.74. The molecule has 0 bridgehead atoms. The Balaban J connectivity index is 0.00000272. The van der Waals surface area contributed by atoms with Crippen molar-refractivity contribution >= 4 is 29.9 Å². The van der Waals surface area contributed by atoms with Crippen molar-refractivity contribution in [3.05, 3.63) is 42.0 Å². The van der Waals surface area contributed by atoms with Crippen LogP contribution in [0.4, 0.5) is 0 Å². The minimum atomic E-state index is 0. The summed E-state index contributed by atoms with van der Waals surface area (Å²) in [6.45, 7) is 5.83. The maximum absolute atomic E-state index is 5.49. The molecule has 0 spiro atoms. The zero-order valence-electron chi connectivity index (χ0n) is 18.6. The summed E-state index contributed by atoms with van der Waals surface area (Å²) in [5.74, 6) is 3.45. The molecule has 1 aliphatic carbocycles. The fraction of sp³-hybridized carbons (Fsp3) is 0.609. The second-order valence-electron chi connectivity index (χ2n) is 8.52. The van der Waals surface area contributed by atoms with Crippen LogP contribution in [0.25, 0.3) is 0 Å². The van der Waals surface area contributed by atoms with Crippen molar-refractivity contribution in [2.75, 3.05) is 33.3 Å². The van der Waals surface area contributed by atoms with Gasteiger partial charge in [-0.3, -0.25) is 10.1 Å². The molecule has 1 saturated carbocycles. The zero-order chi connectivity index (χ0) is 20.8. The molecule has 0 unspecified atom stereocenters. The number of aliphatic imine (C=N–C) groups is 1. The maximum Gasteiger partial charge on any atom is 0.193 e. The predicted octanol–water partition coefficient (Wildman–Crippen LogP) is 4.09. The number of nitrogens with one attached hydrogen (secondary N) is 2. The van der Waals surface area contributed by atoms with Crippen LogP contribution in [0.2, 0.25) is 0 Å². The normalized spacial score (nSPS) is 19.2. The molecule has 4 rings (SSSR count). The molecule has 31 heavy (non-hydrogen) atoms. The molecule has 0 amide bonds. The number of rotatable bonds is 6. The van der Waals surface area contributed by atoms with Crippen molar-refractivity contribution < 1.29 is 4.74 Å². The Morgan fingerprint density at radius 3 is 2.71 bits per heavy atom. The van der Waals surface area contributed by atoms with Crippen LogP contribution in [0, 0.1) is 0 Å².